The fourth-order valence-electron chi connectivity index (χ4n) is 2.75. The summed E-state index contributed by atoms with van der Waals surface area (Å²) in [5.41, 5.74) is 2.42. The van der Waals surface area contributed by atoms with Gasteiger partial charge in [-0.25, -0.2) is 4.99 Å². The van der Waals surface area contributed by atoms with Crippen molar-refractivity contribution in [2.24, 2.45) is 4.99 Å². The van der Waals surface area contributed by atoms with Crippen LogP contribution < -0.4 is 10.1 Å². The van der Waals surface area contributed by atoms with E-state index in [1.165, 1.54) is 12.1 Å². The zero-order valence-corrected chi connectivity index (χ0v) is 12.7. The second-order valence-electron chi connectivity index (χ2n) is 5.34. The highest BCUT2D eigenvalue weighted by molar-refractivity contribution is 6.18. The summed E-state index contributed by atoms with van der Waals surface area (Å²) in [6.07, 6.45) is -4.70. The molecule has 0 amide bonds. The van der Waals surface area contributed by atoms with Gasteiger partial charge in [-0.1, -0.05) is 24.3 Å². The molecule has 1 aliphatic rings. The molecule has 0 fully saturated rings. The lowest BCUT2D eigenvalue weighted by molar-refractivity contribution is -0.274. The molecule has 0 unspecified atom stereocenters. The highest BCUT2D eigenvalue weighted by atomic mass is 19.4. The fraction of sp³-hybridized carbons (Fsp3) is 0.0556. The average Bonchev–Trinajstić information content (AvgIpc) is 2.54. The van der Waals surface area contributed by atoms with E-state index in [1.54, 1.807) is 12.1 Å². The number of benzene rings is 3. The van der Waals surface area contributed by atoms with Crippen LogP contribution in [-0.2, 0) is 0 Å². The summed E-state index contributed by atoms with van der Waals surface area (Å²) in [7, 11) is 0. The molecule has 0 aromatic heterocycles. The molecule has 1 heterocycles. The lowest BCUT2D eigenvalue weighted by Gasteiger charge is -2.19. The Bertz CT molecular complexity index is 944. The van der Waals surface area contributed by atoms with Crippen LogP contribution in [0.25, 0.3) is 10.8 Å². The van der Waals surface area contributed by atoms with Gasteiger partial charge in [0.25, 0.3) is 0 Å². The van der Waals surface area contributed by atoms with Gasteiger partial charge in [0.15, 0.2) is 0 Å². The lowest BCUT2D eigenvalue weighted by Crippen LogP contribution is -2.18. The van der Waals surface area contributed by atoms with Crippen LogP contribution >= 0.6 is 0 Å². The molecule has 128 valence electrons. The number of amidine groups is 1. The van der Waals surface area contributed by atoms with Crippen molar-refractivity contribution >= 4 is 28.0 Å². The van der Waals surface area contributed by atoms with E-state index in [2.05, 4.69) is 15.0 Å². The number of nitrogens with zero attached hydrogens (tertiary/aromatic N) is 1. The van der Waals surface area contributed by atoms with Crippen molar-refractivity contribution in [3.8, 4) is 5.75 Å². The molecule has 1 aliphatic heterocycles. The predicted octanol–water partition coefficient (Wildman–Crippen LogP) is 5.39. The van der Waals surface area contributed by atoms with Crippen LogP contribution in [0.15, 0.2) is 65.7 Å². The highest BCUT2D eigenvalue weighted by Gasteiger charge is 2.31. The Morgan fingerprint density at radius 1 is 0.880 bits per heavy atom. The second-order valence-corrected chi connectivity index (χ2v) is 5.34. The Hall–Kier alpha value is -3.09. The molecule has 0 radical (unpaired) electrons. The zero-order valence-electron chi connectivity index (χ0n) is 12.7. The molecule has 0 spiro atoms. The SMILES string of the molecule is F.FC(F)(F)Oc1ccc(C2=Nc3cccc4cccc(c34)N2)cc1. The van der Waals surface area contributed by atoms with E-state index >= 15 is 0 Å². The normalized spacial score (nSPS) is 12.8. The van der Waals surface area contributed by atoms with E-state index < -0.39 is 6.36 Å². The van der Waals surface area contributed by atoms with Gasteiger partial charge in [0, 0.05) is 16.6 Å². The van der Waals surface area contributed by atoms with Crippen LogP contribution in [0, 0.1) is 0 Å². The molecule has 0 aliphatic carbocycles. The number of alkyl halides is 3. The molecule has 3 aromatic carbocycles. The van der Waals surface area contributed by atoms with Crippen molar-refractivity contribution < 1.29 is 22.6 Å². The topological polar surface area (TPSA) is 33.6 Å². The van der Waals surface area contributed by atoms with E-state index in [0.29, 0.717) is 11.4 Å². The van der Waals surface area contributed by atoms with Crippen molar-refractivity contribution in [1.29, 1.82) is 0 Å². The number of rotatable bonds is 2. The van der Waals surface area contributed by atoms with Crippen LogP contribution in [-0.4, -0.2) is 12.2 Å². The number of nitrogens with one attached hydrogen (secondary N) is 1. The monoisotopic (exact) mass is 348 g/mol. The van der Waals surface area contributed by atoms with Crippen LogP contribution in [0.3, 0.4) is 0 Å². The molecule has 0 bridgehead atoms. The maximum Gasteiger partial charge on any atom is 0.573 e. The summed E-state index contributed by atoms with van der Waals surface area (Å²) >= 11 is 0. The van der Waals surface area contributed by atoms with Gasteiger partial charge in [-0.2, -0.15) is 0 Å². The van der Waals surface area contributed by atoms with Crippen LogP contribution in [0.1, 0.15) is 5.56 Å². The minimum Gasteiger partial charge on any atom is -0.406 e. The Labute approximate surface area is 140 Å². The number of ether oxygens (including phenoxy) is 1. The maximum absolute atomic E-state index is 12.2. The Kier molecular flexibility index (Phi) is 4.08. The van der Waals surface area contributed by atoms with E-state index in [0.717, 1.165) is 22.1 Å². The Balaban J connectivity index is 0.00000182. The molecule has 1 N–H and O–H groups in total. The van der Waals surface area contributed by atoms with Gasteiger partial charge in [0.1, 0.15) is 11.6 Å². The highest BCUT2D eigenvalue weighted by Crippen LogP contribution is 2.36. The maximum atomic E-state index is 12.2. The van der Waals surface area contributed by atoms with Crippen molar-refractivity contribution in [2.75, 3.05) is 5.32 Å². The summed E-state index contributed by atoms with van der Waals surface area (Å²) in [6.45, 7) is 0. The van der Waals surface area contributed by atoms with Gasteiger partial charge in [-0.15, -0.1) is 13.2 Å². The summed E-state index contributed by atoms with van der Waals surface area (Å²) in [6, 6.07) is 17.4. The third-order valence-corrected chi connectivity index (χ3v) is 3.73. The van der Waals surface area contributed by atoms with E-state index in [1.807, 2.05) is 36.4 Å². The summed E-state index contributed by atoms with van der Waals surface area (Å²) < 4.78 is 40.6. The van der Waals surface area contributed by atoms with Crippen molar-refractivity contribution in [1.82, 2.24) is 0 Å². The predicted molar refractivity (Wildman–Crippen MR) is 89.4 cm³/mol. The molecule has 4 rings (SSSR count). The molecule has 25 heavy (non-hydrogen) atoms. The largest absolute Gasteiger partial charge is 0.573 e. The first kappa shape index (κ1) is 16.8. The van der Waals surface area contributed by atoms with Gasteiger partial charge in [-0.3, -0.25) is 4.70 Å². The number of hydrogen-bond acceptors (Lipinski definition) is 3. The number of anilines is 1. The average molecular weight is 348 g/mol. The molecule has 0 atom stereocenters. The Morgan fingerprint density at radius 2 is 1.56 bits per heavy atom. The van der Waals surface area contributed by atoms with Crippen LogP contribution in [0.5, 0.6) is 5.75 Å². The van der Waals surface area contributed by atoms with Crippen LogP contribution in [0.4, 0.5) is 29.3 Å². The van der Waals surface area contributed by atoms with E-state index in [4.69, 9.17) is 0 Å². The molecule has 0 saturated carbocycles. The van der Waals surface area contributed by atoms with E-state index in [9.17, 15) is 13.2 Å². The lowest BCUT2D eigenvalue weighted by atomic mass is 10.0. The van der Waals surface area contributed by atoms with Crippen molar-refractivity contribution in [2.45, 2.75) is 6.36 Å². The van der Waals surface area contributed by atoms with Crippen molar-refractivity contribution in [3.05, 3.63) is 66.2 Å². The minimum absolute atomic E-state index is 0. The summed E-state index contributed by atoms with van der Waals surface area (Å²) in [5.74, 6) is 0.324. The van der Waals surface area contributed by atoms with Gasteiger partial charge in [0.05, 0.1) is 5.69 Å². The third-order valence-electron chi connectivity index (χ3n) is 3.73. The first-order valence-corrected chi connectivity index (χ1v) is 7.23. The van der Waals surface area contributed by atoms with Gasteiger partial charge >= 0.3 is 6.36 Å². The minimum atomic E-state index is -4.70. The fourth-order valence-corrected chi connectivity index (χ4v) is 2.75. The quantitative estimate of drug-likeness (QED) is 0.630. The summed E-state index contributed by atoms with van der Waals surface area (Å²) in [4.78, 5) is 4.58. The number of halogens is 4. The van der Waals surface area contributed by atoms with Crippen LogP contribution in [0.2, 0.25) is 0 Å². The first-order chi connectivity index (χ1) is 11.5. The Morgan fingerprint density at radius 3 is 2.24 bits per heavy atom. The van der Waals surface area contributed by atoms with Gasteiger partial charge < -0.3 is 10.1 Å². The first-order valence-electron chi connectivity index (χ1n) is 7.23. The van der Waals surface area contributed by atoms with Crippen molar-refractivity contribution in [3.63, 3.8) is 0 Å². The smallest absolute Gasteiger partial charge is 0.406 e. The number of aliphatic imine (C=N–C) groups is 1. The standard InChI is InChI=1S/C18H11F3N2O.FH/c19-18(20,21)24-13-9-7-12(8-10-13)17-22-14-5-1-3-11-4-2-6-15(23-17)16(11)14;/h1-10H,(H,22,23);1H. The van der Waals surface area contributed by atoms with Gasteiger partial charge in [0.2, 0.25) is 0 Å². The van der Waals surface area contributed by atoms with Gasteiger partial charge in [-0.05, 0) is 41.8 Å². The van der Waals surface area contributed by atoms with E-state index in [-0.39, 0.29) is 10.5 Å². The molecular weight excluding hydrogens is 336 g/mol. The zero-order chi connectivity index (χ0) is 16.7. The molecular formula is C18H12F4N2O. The third kappa shape index (κ3) is 3.26. The number of hydrogen-bond donors (Lipinski definition) is 1. The summed E-state index contributed by atoms with van der Waals surface area (Å²) in [5, 5.41) is 5.34. The molecule has 3 nitrogen and oxygen atoms in total. The second kappa shape index (κ2) is 6.08. The molecule has 7 heteroatoms. The molecule has 0 saturated heterocycles. The molecule has 3 aromatic rings.